The summed E-state index contributed by atoms with van der Waals surface area (Å²) in [6.07, 6.45) is 15.5. The Bertz CT molecular complexity index is 182. The van der Waals surface area contributed by atoms with Crippen LogP contribution < -0.4 is 5.73 Å². The number of unbranched alkanes of at least 4 members (excludes halogenated alkanes) is 9. The van der Waals surface area contributed by atoms with Gasteiger partial charge in [0, 0.05) is 12.6 Å². The Morgan fingerprint density at radius 3 is 1.94 bits per heavy atom. The molecule has 1 rings (SSSR count). The zero-order valence-corrected chi connectivity index (χ0v) is 12.5. The second-order valence-corrected chi connectivity index (χ2v) is 6.03. The summed E-state index contributed by atoms with van der Waals surface area (Å²) in [4.78, 5) is 2.54. The van der Waals surface area contributed by atoms with Gasteiger partial charge in [0.15, 0.2) is 0 Å². The molecule has 0 unspecified atom stereocenters. The summed E-state index contributed by atoms with van der Waals surface area (Å²) in [6.45, 7) is 5.94. The predicted octanol–water partition coefficient (Wildman–Crippen LogP) is 3.94. The summed E-state index contributed by atoms with van der Waals surface area (Å²) in [7, 11) is 0. The largest absolute Gasteiger partial charge is 0.326 e. The van der Waals surface area contributed by atoms with Crippen LogP contribution in [0.5, 0.6) is 0 Å². The molecule has 1 saturated heterocycles. The first-order valence-electron chi connectivity index (χ1n) is 8.31. The molecule has 1 heterocycles. The van der Waals surface area contributed by atoms with E-state index in [9.17, 15) is 0 Å². The lowest BCUT2D eigenvalue weighted by molar-refractivity contribution is 0.323. The monoisotopic (exact) mass is 254 g/mol. The van der Waals surface area contributed by atoms with Gasteiger partial charge >= 0.3 is 0 Å². The highest BCUT2D eigenvalue weighted by molar-refractivity contribution is 4.77. The lowest BCUT2D eigenvalue weighted by Crippen LogP contribution is -2.27. The normalized spacial score (nSPS) is 20.7. The molecule has 1 aliphatic heterocycles. The number of hydrogen-bond acceptors (Lipinski definition) is 2. The number of hydrogen-bond donors (Lipinski definition) is 1. The van der Waals surface area contributed by atoms with Crippen molar-refractivity contribution in [3.05, 3.63) is 0 Å². The highest BCUT2D eigenvalue weighted by atomic mass is 15.2. The fraction of sp³-hybridized carbons (Fsp3) is 1.00. The molecule has 0 aliphatic carbocycles. The van der Waals surface area contributed by atoms with Crippen LogP contribution in [-0.2, 0) is 0 Å². The third kappa shape index (κ3) is 8.10. The molecule has 18 heavy (non-hydrogen) atoms. The van der Waals surface area contributed by atoms with Crippen molar-refractivity contribution in [2.45, 2.75) is 83.6 Å². The third-order valence-corrected chi connectivity index (χ3v) is 4.14. The zero-order chi connectivity index (χ0) is 13.1. The van der Waals surface area contributed by atoms with Crippen LogP contribution in [0.3, 0.4) is 0 Å². The van der Waals surface area contributed by atoms with Crippen molar-refractivity contribution < 1.29 is 0 Å². The number of rotatable bonds is 11. The van der Waals surface area contributed by atoms with E-state index in [-0.39, 0.29) is 0 Å². The van der Waals surface area contributed by atoms with E-state index in [4.69, 9.17) is 5.73 Å². The molecular formula is C16H34N2. The van der Waals surface area contributed by atoms with Gasteiger partial charge in [0.1, 0.15) is 0 Å². The Labute approximate surface area is 114 Å². The number of nitrogens with zero attached hydrogens (tertiary/aromatic N) is 1. The maximum Gasteiger partial charge on any atom is 0.0180 e. The molecule has 0 saturated carbocycles. The molecule has 2 nitrogen and oxygen atoms in total. The molecule has 1 aliphatic rings. The molecule has 0 aromatic carbocycles. The van der Waals surface area contributed by atoms with Crippen LogP contribution in [0.4, 0.5) is 0 Å². The number of likely N-dealkylation sites (tertiary alicyclic amines) is 1. The average Bonchev–Trinajstić information content (AvgIpc) is 2.77. The van der Waals surface area contributed by atoms with Gasteiger partial charge in [0.2, 0.25) is 0 Å². The Balaban J connectivity index is 1.73. The Morgan fingerprint density at radius 1 is 0.889 bits per heavy atom. The van der Waals surface area contributed by atoms with Gasteiger partial charge in [0.25, 0.3) is 0 Å². The summed E-state index contributed by atoms with van der Waals surface area (Å²) in [5.74, 6) is 0. The summed E-state index contributed by atoms with van der Waals surface area (Å²) in [6, 6.07) is 0.452. The standard InChI is InChI=1S/C16H34N2/c1-2-3-4-5-6-7-8-9-10-11-13-18-14-12-16(17)15-18/h16H,2-15,17H2,1H3/t16-/m0/s1. The van der Waals surface area contributed by atoms with Crippen molar-refractivity contribution >= 4 is 0 Å². The Morgan fingerprint density at radius 2 is 1.44 bits per heavy atom. The first kappa shape index (κ1) is 16.0. The number of nitrogens with two attached hydrogens (primary N) is 1. The first-order chi connectivity index (χ1) is 8.83. The van der Waals surface area contributed by atoms with Crippen LogP contribution >= 0.6 is 0 Å². The van der Waals surface area contributed by atoms with Crippen LogP contribution in [0.25, 0.3) is 0 Å². The van der Waals surface area contributed by atoms with E-state index in [1.165, 1.54) is 83.7 Å². The van der Waals surface area contributed by atoms with Gasteiger partial charge < -0.3 is 10.6 Å². The van der Waals surface area contributed by atoms with Crippen molar-refractivity contribution in [1.82, 2.24) is 4.90 Å². The highest BCUT2D eigenvalue weighted by Crippen LogP contribution is 2.12. The van der Waals surface area contributed by atoms with Crippen LogP contribution in [0.2, 0.25) is 0 Å². The van der Waals surface area contributed by atoms with Crippen molar-refractivity contribution in [1.29, 1.82) is 0 Å². The molecule has 0 bridgehead atoms. The van der Waals surface area contributed by atoms with Crippen LogP contribution in [0.1, 0.15) is 77.6 Å². The second-order valence-electron chi connectivity index (χ2n) is 6.03. The molecule has 1 atom stereocenters. The molecule has 2 heteroatoms. The van der Waals surface area contributed by atoms with E-state index in [1.54, 1.807) is 0 Å². The topological polar surface area (TPSA) is 29.3 Å². The van der Waals surface area contributed by atoms with Crippen molar-refractivity contribution in [2.24, 2.45) is 5.73 Å². The van der Waals surface area contributed by atoms with E-state index >= 15 is 0 Å². The van der Waals surface area contributed by atoms with Gasteiger partial charge in [-0.3, -0.25) is 0 Å². The molecule has 108 valence electrons. The fourth-order valence-corrected chi connectivity index (χ4v) is 2.89. The Kier molecular flexibility index (Phi) is 9.59. The van der Waals surface area contributed by atoms with Crippen molar-refractivity contribution in [3.8, 4) is 0 Å². The smallest absolute Gasteiger partial charge is 0.0180 e. The van der Waals surface area contributed by atoms with E-state index in [0.717, 1.165) is 6.54 Å². The lowest BCUT2D eigenvalue weighted by atomic mass is 10.1. The van der Waals surface area contributed by atoms with Gasteiger partial charge in [-0.05, 0) is 25.9 Å². The molecular weight excluding hydrogens is 220 g/mol. The second kappa shape index (κ2) is 10.8. The van der Waals surface area contributed by atoms with Crippen LogP contribution in [-0.4, -0.2) is 30.6 Å². The third-order valence-electron chi connectivity index (χ3n) is 4.14. The minimum atomic E-state index is 0.452. The van der Waals surface area contributed by atoms with Crippen LogP contribution in [0.15, 0.2) is 0 Å². The van der Waals surface area contributed by atoms with Gasteiger partial charge in [-0.15, -0.1) is 0 Å². The quantitative estimate of drug-likeness (QED) is 0.566. The SMILES string of the molecule is CCCCCCCCCCCCN1CC[C@H](N)C1. The summed E-state index contributed by atoms with van der Waals surface area (Å²) >= 11 is 0. The minimum Gasteiger partial charge on any atom is -0.326 e. The van der Waals surface area contributed by atoms with Gasteiger partial charge in [-0.1, -0.05) is 64.7 Å². The fourth-order valence-electron chi connectivity index (χ4n) is 2.89. The highest BCUT2D eigenvalue weighted by Gasteiger charge is 2.17. The molecule has 0 aromatic rings. The minimum absolute atomic E-state index is 0.452. The maximum atomic E-state index is 5.90. The van der Waals surface area contributed by atoms with Crippen molar-refractivity contribution in [2.75, 3.05) is 19.6 Å². The van der Waals surface area contributed by atoms with Gasteiger partial charge in [-0.25, -0.2) is 0 Å². The van der Waals surface area contributed by atoms with E-state index in [2.05, 4.69) is 11.8 Å². The Hall–Kier alpha value is -0.0800. The molecule has 2 N–H and O–H groups in total. The van der Waals surface area contributed by atoms with Gasteiger partial charge in [0.05, 0.1) is 0 Å². The predicted molar refractivity (Wildman–Crippen MR) is 80.9 cm³/mol. The summed E-state index contributed by atoms with van der Waals surface area (Å²) < 4.78 is 0. The molecule has 0 amide bonds. The summed E-state index contributed by atoms with van der Waals surface area (Å²) in [5.41, 5.74) is 5.90. The first-order valence-corrected chi connectivity index (χ1v) is 8.31. The lowest BCUT2D eigenvalue weighted by Gasteiger charge is -2.14. The molecule has 0 aromatic heterocycles. The molecule has 1 fully saturated rings. The maximum absolute atomic E-state index is 5.90. The van der Waals surface area contributed by atoms with Crippen LogP contribution in [0, 0.1) is 0 Å². The zero-order valence-electron chi connectivity index (χ0n) is 12.5. The van der Waals surface area contributed by atoms with Gasteiger partial charge in [-0.2, -0.15) is 0 Å². The van der Waals surface area contributed by atoms with Crippen molar-refractivity contribution in [3.63, 3.8) is 0 Å². The van der Waals surface area contributed by atoms with E-state index < -0.39 is 0 Å². The summed E-state index contributed by atoms with van der Waals surface area (Å²) in [5, 5.41) is 0. The van der Waals surface area contributed by atoms with E-state index in [1.807, 2.05) is 0 Å². The average molecular weight is 254 g/mol. The molecule has 0 radical (unpaired) electrons. The molecule has 0 spiro atoms. The van der Waals surface area contributed by atoms with E-state index in [0.29, 0.717) is 6.04 Å².